The van der Waals surface area contributed by atoms with Crippen molar-refractivity contribution in [3.8, 4) is 78.4 Å². The van der Waals surface area contributed by atoms with Gasteiger partial charge in [0.25, 0.3) is 0 Å². The van der Waals surface area contributed by atoms with Gasteiger partial charge >= 0.3 is 0 Å². The molecular formula is C104H64N6. The number of benzene rings is 18. The van der Waals surface area contributed by atoms with Crippen LogP contribution in [0, 0.1) is 0 Å². The molecule has 110 heavy (non-hydrogen) atoms. The molecule has 0 spiro atoms. The van der Waals surface area contributed by atoms with Gasteiger partial charge in [-0.2, -0.15) is 0 Å². The second kappa shape index (κ2) is 25.5. The highest BCUT2D eigenvalue weighted by Crippen LogP contribution is 2.48. The van der Waals surface area contributed by atoms with E-state index < -0.39 is 0 Å². The number of hydrogen-bond acceptors (Lipinski definition) is 4. The van der Waals surface area contributed by atoms with Crippen molar-refractivity contribution in [1.82, 2.24) is 29.1 Å². The van der Waals surface area contributed by atoms with Gasteiger partial charge in [0.05, 0.1) is 33.1 Å². The molecule has 0 unspecified atom stereocenters. The molecule has 0 bridgehead atoms. The van der Waals surface area contributed by atoms with Crippen LogP contribution in [-0.4, -0.2) is 29.1 Å². The SMILES string of the molecule is c1ccc(-n2c(-c3ccc(-c4cnc5c6ccccc6c6cc(-c7cc8ccccc8c8ccccc78)c7ccccc7c6c5c4)cc3)nc3ccccc32)cc1.c1ccc(-n2c3ccccc3c3cc(-c4cc5c6ccccc6c6ncc(-c7ccc(-c8ccncc8)cc7)cc6c5c5ccccc45)ccc32)cc1. The zero-order valence-electron chi connectivity index (χ0n) is 59.6. The van der Waals surface area contributed by atoms with E-state index in [2.05, 4.69) is 360 Å². The molecule has 0 fully saturated rings. The largest absolute Gasteiger partial charge is 0.309 e. The average Bonchev–Trinajstić information content (AvgIpc) is 1.03. The van der Waals surface area contributed by atoms with E-state index in [1.165, 1.54) is 136 Å². The molecule has 510 valence electrons. The van der Waals surface area contributed by atoms with Gasteiger partial charge < -0.3 is 4.57 Å². The molecule has 6 nitrogen and oxygen atoms in total. The Kier molecular flexibility index (Phi) is 14.5. The number of imidazole rings is 1. The van der Waals surface area contributed by atoms with Crippen molar-refractivity contribution >= 4 is 141 Å². The number of aromatic nitrogens is 6. The standard InChI is InChI=1S/C54H33N3.C50H31N3/c1-2-15-38(16-3-1)57-51-25-13-12-24-50(51)56-54(57)35-28-26-34(27-29-35)37-31-49-52-44-22-10-8-20-42(44)47(32-48(52)43-21-9-11-23-45(43)53(49)55-33-37)46-30-36-14-4-5-17-39(36)40-18-6-7-19-41(40)46;1-2-10-37(11-3-1)53-47-17-9-8-14-40(47)44-28-35(22-23-48(44)53)43-30-45-39-13-5-7-16-42(39)50-46(49(45)41-15-6-4-12-38(41)43)29-36(31-52-50)33-20-18-32(19-21-33)34-24-26-51-27-25-34/h1-33H;1-31H. The minimum absolute atomic E-state index is 0.921. The summed E-state index contributed by atoms with van der Waals surface area (Å²) in [6.45, 7) is 0. The molecule has 5 aromatic heterocycles. The van der Waals surface area contributed by atoms with E-state index in [0.29, 0.717) is 0 Å². The molecule has 18 aromatic carbocycles. The van der Waals surface area contributed by atoms with Crippen molar-refractivity contribution in [2.75, 3.05) is 0 Å². The van der Waals surface area contributed by atoms with Crippen LogP contribution in [-0.2, 0) is 0 Å². The summed E-state index contributed by atoms with van der Waals surface area (Å²) >= 11 is 0. The van der Waals surface area contributed by atoms with Gasteiger partial charge in [0, 0.05) is 85.2 Å². The number of nitrogens with zero attached hydrogens (tertiary/aromatic N) is 6. The zero-order valence-corrected chi connectivity index (χ0v) is 59.6. The maximum atomic E-state index is 5.25. The first-order valence-corrected chi connectivity index (χ1v) is 37.5. The van der Waals surface area contributed by atoms with E-state index in [4.69, 9.17) is 15.0 Å². The van der Waals surface area contributed by atoms with Crippen molar-refractivity contribution in [2.24, 2.45) is 0 Å². The summed E-state index contributed by atoms with van der Waals surface area (Å²) < 4.78 is 4.63. The number of pyridine rings is 3. The van der Waals surface area contributed by atoms with Gasteiger partial charge in [0.1, 0.15) is 5.82 Å². The molecule has 0 aliphatic carbocycles. The Labute approximate surface area is 633 Å². The first-order valence-electron chi connectivity index (χ1n) is 37.5. The summed E-state index contributed by atoms with van der Waals surface area (Å²) in [6.07, 6.45) is 7.74. The number of rotatable bonds is 8. The Morgan fingerprint density at radius 3 is 1.19 bits per heavy atom. The summed E-state index contributed by atoms with van der Waals surface area (Å²) in [4.78, 5) is 19.7. The minimum Gasteiger partial charge on any atom is -0.309 e. The van der Waals surface area contributed by atoms with Gasteiger partial charge in [0.2, 0.25) is 0 Å². The normalized spacial score (nSPS) is 11.8. The van der Waals surface area contributed by atoms with E-state index in [1.807, 2.05) is 43.0 Å². The monoisotopic (exact) mass is 1400 g/mol. The molecule has 0 saturated heterocycles. The number of fused-ring (bicyclic) bond motifs is 23. The summed E-state index contributed by atoms with van der Waals surface area (Å²) in [7, 11) is 0. The Bertz CT molecular complexity index is 7680. The predicted octanol–water partition coefficient (Wildman–Crippen LogP) is 27.5. The summed E-state index contributed by atoms with van der Waals surface area (Å²) in [5.74, 6) is 0.921. The maximum Gasteiger partial charge on any atom is 0.145 e. The van der Waals surface area contributed by atoms with Crippen LogP contribution in [0.2, 0.25) is 0 Å². The van der Waals surface area contributed by atoms with Gasteiger partial charge in [-0.25, -0.2) is 4.98 Å². The van der Waals surface area contributed by atoms with Gasteiger partial charge in [0.15, 0.2) is 0 Å². The zero-order chi connectivity index (χ0) is 72.3. The molecule has 0 atom stereocenters. The van der Waals surface area contributed by atoms with Gasteiger partial charge in [-0.1, -0.05) is 267 Å². The average molecular weight is 1400 g/mol. The molecule has 23 aromatic rings. The van der Waals surface area contributed by atoms with E-state index >= 15 is 0 Å². The van der Waals surface area contributed by atoms with Crippen molar-refractivity contribution < 1.29 is 0 Å². The van der Waals surface area contributed by atoms with Gasteiger partial charge in [-0.15, -0.1) is 0 Å². The Hall–Kier alpha value is -14.7. The van der Waals surface area contributed by atoms with Crippen LogP contribution in [0.4, 0.5) is 0 Å². The molecule has 0 radical (unpaired) electrons. The number of hydrogen-bond donors (Lipinski definition) is 0. The van der Waals surface area contributed by atoms with E-state index in [0.717, 1.165) is 83.1 Å². The molecule has 6 heteroatoms. The van der Waals surface area contributed by atoms with E-state index in [-0.39, 0.29) is 0 Å². The quantitative estimate of drug-likeness (QED) is 0.142. The summed E-state index contributed by atoms with van der Waals surface area (Å²) in [5, 5.41) is 24.5. The second-order valence-corrected chi connectivity index (χ2v) is 28.7. The Morgan fingerprint density at radius 1 is 0.209 bits per heavy atom. The highest BCUT2D eigenvalue weighted by atomic mass is 15.1. The van der Waals surface area contributed by atoms with Crippen LogP contribution in [0.15, 0.2) is 389 Å². The molecule has 5 heterocycles. The highest BCUT2D eigenvalue weighted by molar-refractivity contribution is 6.35. The second-order valence-electron chi connectivity index (χ2n) is 28.7. The molecular weight excluding hydrogens is 1330 g/mol. The highest BCUT2D eigenvalue weighted by Gasteiger charge is 2.23. The van der Waals surface area contributed by atoms with Crippen LogP contribution in [0.1, 0.15) is 0 Å². The van der Waals surface area contributed by atoms with Crippen molar-refractivity contribution in [2.45, 2.75) is 0 Å². The van der Waals surface area contributed by atoms with Crippen molar-refractivity contribution in [3.05, 3.63) is 389 Å². The predicted molar refractivity (Wildman–Crippen MR) is 463 cm³/mol. The van der Waals surface area contributed by atoms with Crippen LogP contribution in [0.3, 0.4) is 0 Å². The molecule has 0 saturated carbocycles. The van der Waals surface area contributed by atoms with Crippen LogP contribution in [0.5, 0.6) is 0 Å². The maximum absolute atomic E-state index is 5.25. The molecule has 0 N–H and O–H groups in total. The van der Waals surface area contributed by atoms with Gasteiger partial charge in [-0.05, 0) is 217 Å². The number of para-hydroxylation sites is 5. The fraction of sp³-hybridized carbons (Fsp3) is 0. The third kappa shape index (κ3) is 10.1. The Balaban J connectivity index is 0.000000136. The Morgan fingerprint density at radius 2 is 0.600 bits per heavy atom. The van der Waals surface area contributed by atoms with E-state index in [1.54, 1.807) is 0 Å². The first kappa shape index (κ1) is 62.6. The lowest BCUT2D eigenvalue weighted by Gasteiger charge is -2.18. The first-order chi connectivity index (χ1) is 54.6. The molecule has 0 aliphatic rings. The summed E-state index contributed by atoms with van der Waals surface area (Å²) in [6, 6.07) is 132. The molecule has 0 aliphatic heterocycles. The fourth-order valence-corrected chi connectivity index (χ4v) is 17.7. The third-order valence-corrected chi connectivity index (χ3v) is 22.7. The van der Waals surface area contributed by atoms with Gasteiger partial charge in [-0.3, -0.25) is 19.5 Å². The van der Waals surface area contributed by atoms with Crippen molar-refractivity contribution in [1.29, 1.82) is 0 Å². The lowest BCUT2D eigenvalue weighted by molar-refractivity contribution is 1.10. The fourth-order valence-electron chi connectivity index (χ4n) is 17.7. The smallest absolute Gasteiger partial charge is 0.145 e. The molecule has 0 amide bonds. The topological polar surface area (TPSA) is 61.4 Å². The van der Waals surface area contributed by atoms with Crippen LogP contribution >= 0.6 is 0 Å². The van der Waals surface area contributed by atoms with Crippen LogP contribution < -0.4 is 0 Å². The lowest BCUT2D eigenvalue weighted by atomic mass is 9.86. The van der Waals surface area contributed by atoms with Crippen LogP contribution in [0.25, 0.3) is 219 Å². The van der Waals surface area contributed by atoms with E-state index in [9.17, 15) is 0 Å². The minimum atomic E-state index is 0.921. The molecule has 23 rings (SSSR count). The van der Waals surface area contributed by atoms with Crippen molar-refractivity contribution in [3.63, 3.8) is 0 Å². The lowest BCUT2D eigenvalue weighted by Crippen LogP contribution is -1.97. The third-order valence-electron chi connectivity index (χ3n) is 22.7. The summed E-state index contributed by atoms with van der Waals surface area (Å²) in [5.41, 5.74) is 21.5.